The standard InChI is InChI=1S/C23H28Cl2N2O2S/c1-4-16(2)26-23(29)17(3)27(13-19-20(24)11-8-12-21(19)25)22(28)15-30-14-18-9-6-5-7-10-18/h5-12,16-17H,4,13-15H2,1-3H3,(H,26,29)/t16-,17-/m0/s1. The van der Waals surface area contributed by atoms with Crippen molar-refractivity contribution in [2.45, 2.75) is 51.6 Å². The van der Waals surface area contributed by atoms with Gasteiger partial charge in [0.25, 0.3) is 0 Å². The number of nitrogens with one attached hydrogen (secondary N) is 1. The largest absolute Gasteiger partial charge is 0.352 e. The average Bonchev–Trinajstić information content (AvgIpc) is 2.73. The molecule has 162 valence electrons. The Morgan fingerprint density at radius 1 is 1.03 bits per heavy atom. The monoisotopic (exact) mass is 466 g/mol. The average molecular weight is 467 g/mol. The Morgan fingerprint density at radius 2 is 1.67 bits per heavy atom. The SMILES string of the molecule is CC[C@H](C)NC(=O)[C@H](C)N(Cc1c(Cl)cccc1Cl)C(=O)CSCc1ccccc1. The highest BCUT2D eigenvalue weighted by Gasteiger charge is 2.27. The number of thioether (sulfide) groups is 1. The molecule has 0 aliphatic carbocycles. The molecule has 0 heterocycles. The molecule has 0 saturated carbocycles. The molecule has 0 unspecified atom stereocenters. The molecule has 0 spiro atoms. The van der Waals surface area contributed by atoms with Gasteiger partial charge in [-0.15, -0.1) is 11.8 Å². The topological polar surface area (TPSA) is 49.4 Å². The minimum absolute atomic E-state index is 0.0354. The summed E-state index contributed by atoms with van der Waals surface area (Å²) in [7, 11) is 0. The van der Waals surface area contributed by atoms with Gasteiger partial charge in [0.1, 0.15) is 6.04 Å². The van der Waals surface area contributed by atoms with Gasteiger partial charge in [0.2, 0.25) is 11.8 Å². The van der Waals surface area contributed by atoms with Gasteiger partial charge in [0.05, 0.1) is 5.75 Å². The third-order valence-electron chi connectivity index (χ3n) is 4.90. The first kappa shape index (κ1) is 24.6. The number of carbonyl (C=O) groups is 2. The van der Waals surface area contributed by atoms with Crippen LogP contribution >= 0.6 is 35.0 Å². The van der Waals surface area contributed by atoms with E-state index >= 15 is 0 Å². The van der Waals surface area contributed by atoms with Gasteiger partial charge in [-0.2, -0.15) is 0 Å². The van der Waals surface area contributed by atoms with Crippen LogP contribution in [0.1, 0.15) is 38.3 Å². The summed E-state index contributed by atoms with van der Waals surface area (Å²) in [5, 5.41) is 3.91. The van der Waals surface area contributed by atoms with Crippen LogP contribution in [0.25, 0.3) is 0 Å². The number of nitrogens with zero attached hydrogens (tertiary/aromatic N) is 1. The number of hydrogen-bond donors (Lipinski definition) is 1. The Kier molecular flexibility index (Phi) is 10.0. The molecule has 0 aliphatic heterocycles. The molecule has 4 nitrogen and oxygen atoms in total. The summed E-state index contributed by atoms with van der Waals surface area (Å²) in [6.45, 7) is 5.86. The van der Waals surface area contributed by atoms with Crippen molar-refractivity contribution in [3.63, 3.8) is 0 Å². The maximum atomic E-state index is 13.1. The van der Waals surface area contributed by atoms with E-state index in [1.54, 1.807) is 30.0 Å². The third-order valence-corrected chi connectivity index (χ3v) is 6.59. The number of carbonyl (C=O) groups excluding carboxylic acids is 2. The van der Waals surface area contributed by atoms with Crippen LogP contribution in [0.5, 0.6) is 0 Å². The zero-order chi connectivity index (χ0) is 22.1. The molecular weight excluding hydrogens is 439 g/mol. The first-order chi connectivity index (χ1) is 14.3. The summed E-state index contributed by atoms with van der Waals surface area (Å²) in [5.41, 5.74) is 1.80. The summed E-state index contributed by atoms with van der Waals surface area (Å²) in [6.07, 6.45) is 0.815. The zero-order valence-electron chi connectivity index (χ0n) is 17.5. The Hall–Kier alpha value is -1.69. The molecule has 2 rings (SSSR count). The van der Waals surface area contributed by atoms with Crippen LogP contribution in [-0.2, 0) is 21.9 Å². The molecule has 7 heteroatoms. The van der Waals surface area contributed by atoms with Gasteiger partial charge < -0.3 is 10.2 Å². The van der Waals surface area contributed by atoms with E-state index in [0.717, 1.165) is 17.7 Å². The molecule has 2 atom stereocenters. The molecule has 2 aromatic rings. The lowest BCUT2D eigenvalue weighted by Gasteiger charge is -2.30. The van der Waals surface area contributed by atoms with E-state index in [2.05, 4.69) is 5.32 Å². The van der Waals surface area contributed by atoms with Crippen molar-refractivity contribution >= 4 is 46.8 Å². The van der Waals surface area contributed by atoms with Gasteiger partial charge in [-0.1, -0.05) is 66.5 Å². The lowest BCUT2D eigenvalue weighted by molar-refractivity contribution is -0.138. The minimum Gasteiger partial charge on any atom is -0.352 e. The van der Waals surface area contributed by atoms with Crippen LogP contribution in [0.3, 0.4) is 0 Å². The van der Waals surface area contributed by atoms with Crippen LogP contribution in [0, 0.1) is 0 Å². The number of hydrogen-bond acceptors (Lipinski definition) is 3. The Balaban J connectivity index is 2.14. The number of benzene rings is 2. The molecule has 0 bridgehead atoms. The molecule has 30 heavy (non-hydrogen) atoms. The van der Waals surface area contributed by atoms with Crippen molar-refractivity contribution in [2.75, 3.05) is 5.75 Å². The summed E-state index contributed by atoms with van der Waals surface area (Å²) in [4.78, 5) is 27.4. The van der Waals surface area contributed by atoms with Gasteiger partial charge in [-0.05, 0) is 38.0 Å². The highest BCUT2D eigenvalue weighted by Crippen LogP contribution is 2.27. The summed E-state index contributed by atoms with van der Waals surface area (Å²) in [5.74, 6) is 0.672. The van der Waals surface area contributed by atoms with Crippen LogP contribution in [0.15, 0.2) is 48.5 Å². The number of rotatable bonds is 10. The molecule has 0 saturated heterocycles. The quantitative estimate of drug-likeness (QED) is 0.498. The molecule has 1 N–H and O–H groups in total. The predicted molar refractivity (Wildman–Crippen MR) is 127 cm³/mol. The zero-order valence-corrected chi connectivity index (χ0v) is 19.9. The van der Waals surface area contributed by atoms with Gasteiger partial charge in [0, 0.05) is 33.9 Å². The second kappa shape index (κ2) is 12.2. The fraction of sp³-hybridized carbons (Fsp3) is 0.391. The van der Waals surface area contributed by atoms with Crippen molar-refractivity contribution in [3.05, 3.63) is 69.7 Å². The van der Waals surface area contributed by atoms with Crippen molar-refractivity contribution in [1.29, 1.82) is 0 Å². The van der Waals surface area contributed by atoms with E-state index in [0.29, 0.717) is 15.6 Å². The van der Waals surface area contributed by atoms with E-state index in [4.69, 9.17) is 23.2 Å². The Labute approximate surface area is 193 Å². The lowest BCUT2D eigenvalue weighted by Crippen LogP contribution is -2.50. The smallest absolute Gasteiger partial charge is 0.242 e. The fourth-order valence-corrected chi connectivity index (χ4v) is 4.20. The van der Waals surface area contributed by atoms with E-state index in [1.807, 2.05) is 44.2 Å². The van der Waals surface area contributed by atoms with Crippen molar-refractivity contribution < 1.29 is 9.59 Å². The molecular formula is C23H28Cl2N2O2S. The first-order valence-electron chi connectivity index (χ1n) is 9.97. The predicted octanol–water partition coefficient (Wildman–Crippen LogP) is 5.56. The first-order valence-corrected chi connectivity index (χ1v) is 11.9. The van der Waals surface area contributed by atoms with Gasteiger partial charge in [-0.25, -0.2) is 0 Å². The van der Waals surface area contributed by atoms with Gasteiger partial charge >= 0.3 is 0 Å². The Morgan fingerprint density at radius 3 is 2.27 bits per heavy atom. The highest BCUT2D eigenvalue weighted by molar-refractivity contribution is 7.99. The maximum Gasteiger partial charge on any atom is 0.242 e. The third kappa shape index (κ3) is 7.22. The normalized spacial score (nSPS) is 12.8. The van der Waals surface area contributed by atoms with Gasteiger partial charge in [-0.3, -0.25) is 9.59 Å². The summed E-state index contributed by atoms with van der Waals surface area (Å²) < 4.78 is 0. The molecule has 2 aromatic carbocycles. The van der Waals surface area contributed by atoms with Crippen molar-refractivity contribution in [1.82, 2.24) is 10.2 Å². The molecule has 0 radical (unpaired) electrons. The Bertz CT molecular complexity index is 828. The maximum absolute atomic E-state index is 13.1. The van der Waals surface area contributed by atoms with E-state index < -0.39 is 6.04 Å². The van der Waals surface area contributed by atoms with E-state index in [1.165, 1.54) is 11.8 Å². The van der Waals surface area contributed by atoms with E-state index in [-0.39, 0.29) is 30.2 Å². The fourth-order valence-electron chi connectivity index (χ4n) is 2.82. The van der Waals surface area contributed by atoms with Gasteiger partial charge in [0.15, 0.2) is 0 Å². The highest BCUT2D eigenvalue weighted by atomic mass is 35.5. The van der Waals surface area contributed by atoms with E-state index in [9.17, 15) is 9.59 Å². The van der Waals surface area contributed by atoms with Crippen LogP contribution in [0.2, 0.25) is 10.0 Å². The summed E-state index contributed by atoms with van der Waals surface area (Å²) >= 11 is 14.2. The molecule has 0 fully saturated rings. The molecule has 0 aliphatic rings. The van der Waals surface area contributed by atoms with Crippen molar-refractivity contribution in [2.24, 2.45) is 0 Å². The minimum atomic E-state index is -0.642. The van der Waals surface area contributed by atoms with Crippen LogP contribution in [0.4, 0.5) is 0 Å². The summed E-state index contributed by atoms with van der Waals surface area (Å²) in [6, 6.07) is 14.6. The van der Waals surface area contributed by atoms with Crippen LogP contribution < -0.4 is 5.32 Å². The molecule has 0 aromatic heterocycles. The second-order valence-electron chi connectivity index (χ2n) is 7.19. The number of halogens is 2. The number of amides is 2. The lowest BCUT2D eigenvalue weighted by atomic mass is 10.1. The molecule has 2 amide bonds. The van der Waals surface area contributed by atoms with Crippen LogP contribution in [-0.4, -0.2) is 34.6 Å². The van der Waals surface area contributed by atoms with Crippen molar-refractivity contribution in [3.8, 4) is 0 Å². The second-order valence-corrected chi connectivity index (χ2v) is 8.99.